The summed E-state index contributed by atoms with van der Waals surface area (Å²) in [5.74, 6) is 0. The van der Waals surface area contributed by atoms with Gasteiger partial charge in [0, 0.05) is 53.9 Å². The molecule has 0 atom stereocenters. The molecule has 1 aromatic carbocycles. The van der Waals surface area contributed by atoms with Gasteiger partial charge in [0.1, 0.15) is 0 Å². The Bertz CT molecular complexity index is 1460. The molecule has 4 aromatic heterocycles. The van der Waals surface area contributed by atoms with E-state index in [0.717, 1.165) is 57.8 Å². The number of aromatic amines is 2. The molecule has 0 saturated carbocycles. The zero-order valence-electron chi connectivity index (χ0n) is 19.0. The van der Waals surface area contributed by atoms with Crippen molar-refractivity contribution in [3.8, 4) is 22.5 Å². The van der Waals surface area contributed by atoms with E-state index in [1.807, 2.05) is 36.8 Å². The summed E-state index contributed by atoms with van der Waals surface area (Å²) in [5.41, 5.74) is 9.18. The van der Waals surface area contributed by atoms with Gasteiger partial charge in [-0.3, -0.25) is 10.1 Å². The summed E-state index contributed by atoms with van der Waals surface area (Å²) in [6.07, 6.45) is 11.4. The zero-order chi connectivity index (χ0) is 23.3. The van der Waals surface area contributed by atoms with Crippen LogP contribution in [0.2, 0.25) is 0 Å². The van der Waals surface area contributed by atoms with Crippen LogP contribution in [0.15, 0.2) is 85.9 Å². The van der Waals surface area contributed by atoms with Crippen molar-refractivity contribution in [2.24, 2.45) is 0 Å². The summed E-state index contributed by atoms with van der Waals surface area (Å²) in [6.45, 7) is 7.36. The number of aryl methyl sites for hydroxylation is 1. The van der Waals surface area contributed by atoms with Crippen molar-refractivity contribution in [1.29, 1.82) is 0 Å². The minimum Gasteiger partial charge on any atom is -0.357 e. The topological polar surface area (TPSA) is 82.3 Å². The van der Waals surface area contributed by atoms with Crippen LogP contribution in [-0.2, 0) is 13.1 Å². The van der Waals surface area contributed by atoms with Gasteiger partial charge < -0.3 is 10.3 Å². The average Bonchev–Trinajstić information content (AvgIpc) is 3.46. The van der Waals surface area contributed by atoms with Gasteiger partial charge in [-0.2, -0.15) is 5.10 Å². The van der Waals surface area contributed by atoms with E-state index in [-0.39, 0.29) is 0 Å². The Balaban J connectivity index is 1.40. The maximum Gasteiger partial charge on any atom is 0.181 e. The van der Waals surface area contributed by atoms with Crippen LogP contribution >= 0.6 is 0 Å². The Kier molecular flexibility index (Phi) is 6.14. The van der Waals surface area contributed by atoms with Gasteiger partial charge in [0.25, 0.3) is 0 Å². The Morgan fingerprint density at radius 1 is 0.971 bits per heavy atom. The molecule has 3 N–H and O–H groups in total. The minimum absolute atomic E-state index is 0.683. The van der Waals surface area contributed by atoms with Gasteiger partial charge in [0.15, 0.2) is 5.65 Å². The molecule has 0 radical (unpaired) electrons. The first-order valence-electron chi connectivity index (χ1n) is 11.2. The molecule has 0 amide bonds. The summed E-state index contributed by atoms with van der Waals surface area (Å²) in [4.78, 5) is 12.5. The lowest BCUT2D eigenvalue weighted by molar-refractivity contribution is 0.691. The van der Waals surface area contributed by atoms with Gasteiger partial charge in [0.05, 0.1) is 11.4 Å². The number of rotatable bonds is 8. The lowest BCUT2D eigenvalue weighted by Crippen LogP contribution is -2.12. The standard InChI is InChI=1S/C28H26N6/c1-3-4-10-22-13-26(32-19(22)2)27-25-12-24(18-31-28(25)34-33-27)23-11-21(16-30-17-23)15-29-14-20-8-6-5-7-9-20/h3-13,16-18,29,32H,1,14-15H2,2H3,(H,31,33,34)/b10-4-. The van der Waals surface area contributed by atoms with Crippen LogP contribution < -0.4 is 5.32 Å². The zero-order valence-corrected chi connectivity index (χ0v) is 19.0. The molecule has 5 rings (SSSR count). The molecule has 4 heterocycles. The van der Waals surface area contributed by atoms with Crippen molar-refractivity contribution in [2.45, 2.75) is 20.0 Å². The van der Waals surface area contributed by atoms with Gasteiger partial charge in [-0.25, -0.2) is 4.98 Å². The summed E-state index contributed by atoms with van der Waals surface area (Å²) in [5, 5.41) is 12.0. The highest BCUT2D eigenvalue weighted by molar-refractivity contribution is 5.93. The molecule has 34 heavy (non-hydrogen) atoms. The minimum atomic E-state index is 0.683. The number of benzene rings is 1. The van der Waals surface area contributed by atoms with Gasteiger partial charge in [-0.05, 0) is 41.8 Å². The van der Waals surface area contributed by atoms with Crippen LogP contribution in [0.25, 0.3) is 39.6 Å². The van der Waals surface area contributed by atoms with Crippen molar-refractivity contribution in [3.63, 3.8) is 0 Å². The van der Waals surface area contributed by atoms with Crippen LogP contribution in [0, 0.1) is 6.92 Å². The van der Waals surface area contributed by atoms with E-state index in [1.54, 1.807) is 6.08 Å². The van der Waals surface area contributed by atoms with E-state index < -0.39 is 0 Å². The number of hydrogen-bond donors (Lipinski definition) is 3. The number of allylic oxidation sites excluding steroid dienone is 2. The van der Waals surface area contributed by atoms with Crippen LogP contribution in [0.4, 0.5) is 0 Å². The normalized spacial score (nSPS) is 11.4. The predicted molar refractivity (Wildman–Crippen MR) is 138 cm³/mol. The Morgan fingerprint density at radius 2 is 1.79 bits per heavy atom. The van der Waals surface area contributed by atoms with E-state index in [9.17, 15) is 0 Å². The molecule has 0 bridgehead atoms. The second-order valence-electron chi connectivity index (χ2n) is 8.22. The molecule has 0 aliphatic rings. The first kappa shape index (κ1) is 21.6. The fourth-order valence-electron chi connectivity index (χ4n) is 4.01. The highest BCUT2D eigenvalue weighted by Gasteiger charge is 2.13. The van der Waals surface area contributed by atoms with Crippen LogP contribution in [0.5, 0.6) is 0 Å². The van der Waals surface area contributed by atoms with E-state index in [0.29, 0.717) is 5.65 Å². The first-order chi connectivity index (χ1) is 16.7. The third-order valence-electron chi connectivity index (χ3n) is 5.78. The average molecular weight is 447 g/mol. The molecular weight excluding hydrogens is 420 g/mol. The molecule has 0 saturated heterocycles. The number of fused-ring (bicyclic) bond motifs is 1. The number of aromatic nitrogens is 5. The number of nitrogens with one attached hydrogen (secondary N) is 3. The fourth-order valence-corrected chi connectivity index (χ4v) is 4.01. The third-order valence-corrected chi connectivity index (χ3v) is 5.78. The maximum atomic E-state index is 4.59. The fraction of sp³-hybridized carbons (Fsp3) is 0.107. The van der Waals surface area contributed by atoms with Crippen molar-refractivity contribution >= 4 is 17.1 Å². The smallest absolute Gasteiger partial charge is 0.181 e. The van der Waals surface area contributed by atoms with E-state index in [2.05, 4.69) is 86.4 Å². The molecule has 0 fully saturated rings. The quantitative estimate of drug-likeness (QED) is 0.263. The molecule has 6 heteroatoms. The second kappa shape index (κ2) is 9.68. The Hall–Kier alpha value is -4.29. The monoisotopic (exact) mass is 446 g/mol. The SMILES string of the molecule is C=C/C=C\c1cc(-c2[nH]nc3ncc(-c4cncc(CNCc5ccccc5)c4)cc23)[nH]c1C. The first-order valence-corrected chi connectivity index (χ1v) is 11.2. The van der Waals surface area contributed by atoms with E-state index >= 15 is 0 Å². The second-order valence-corrected chi connectivity index (χ2v) is 8.22. The van der Waals surface area contributed by atoms with Crippen molar-refractivity contribution < 1.29 is 0 Å². The summed E-state index contributed by atoms with van der Waals surface area (Å²) in [6, 6.07) is 16.8. The van der Waals surface area contributed by atoms with Crippen LogP contribution in [0.3, 0.4) is 0 Å². The molecular formula is C28H26N6. The number of nitrogens with zero attached hydrogens (tertiary/aromatic N) is 3. The Labute approximate surface area is 198 Å². The van der Waals surface area contributed by atoms with Gasteiger partial charge >= 0.3 is 0 Å². The van der Waals surface area contributed by atoms with E-state index in [1.165, 1.54) is 5.56 Å². The van der Waals surface area contributed by atoms with Gasteiger partial charge in [-0.1, -0.05) is 55.1 Å². The molecule has 0 aliphatic heterocycles. The molecule has 168 valence electrons. The largest absolute Gasteiger partial charge is 0.357 e. The van der Waals surface area contributed by atoms with Crippen molar-refractivity contribution in [1.82, 2.24) is 30.5 Å². The van der Waals surface area contributed by atoms with Crippen LogP contribution in [0.1, 0.15) is 22.4 Å². The summed E-state index contributed by atoms with van der Waals surface area (Å²) in [7, 11) is 0. The third kappa shape index (κ3) is 4.58. The predicted octanol–water partition coefficient (Wildman–Crippen LogP) is 5.81. The number of hydrogen-bond acceptors (Lipinski definition) is 4. The van der Waals surface area contributed by atoms with Crippen molar-refractivity contribution in [2.75, 3.05) is 0 Å². The van der Waals surface area contributed by atoms with Crippen LogP contribution in [-0.4, -0.2) is 25.1 Å². The highest BCUT2D eigenvalue weighted by atomic mass is 15.2. The Morgan fingerprint density at radius 3 is 2.65 bits per heavy atom. The number of H-pyrrole nitrogens is 2. The highest BCUT2D eigenvalue weighted by Crippen LogP contribution is 2.30. The molecule has 0 aliphatic carbocycles. The number of pyridine rings is 2. The molecule has 0 unspecified atom stereocenters. The lowest BCUT2D eigenvalue weighted by atomic mass is 10.1. The van der Waals surface area contributed by atoms with E-state index in [4.69, 9.17) is 0 Å². The molecule has 5 aromatic rings. The maximum absolute atomic E-state index is 4.59. The molecule has 6 nitrogen and oxygen atoms in total. The van der Waals surface area contributed by atoms with Crippen molar-refractivity contribution in [3.05, 3.63) is 108 Å². The molecule has 0 spiro atoms. The summed E-state index contributed by atoms with van der Waals surface area (Å²) >= 11 is 0. The van der Waals surface area contributed by atoms with Gasteiger partial charge in [0.2, 0.25) is 0 Å². The van der Waals surface area contributed by atoms with Gasteiger partial charge in [-0.15, -0.1) is 0 Å². The summed E-state index contributed by atoms with van der Waals surface area (Å²) < 4.78 is 0. The lowest BCUT2D eigenvalue weighted by Gasteiger charge is -2.07.